The van der Waals surface area contributed by atoms with Gasteiger partial charge in [0.25, 0.3) is 0 Å². The molecule has 0 fully saturated rings. The van der Waals surface area contributed by atoms with E-state index in [0.29, 0.717) is 5.75 Å². The SMILES string of the molecule is N#Cc1cccc(Oc2ccc(F)cc2)c1C#N.c1ccc2c(c1)O2. The molecular weight excluding hydrogens is 319 g/mol. The van der Waals surface area contributed by atoms with Crippen molar-refractivity contribution in [1.29, 1.82) is 10.5 Å². The van der Waals surface area contributed by atoms with Crippen molar-refractivity contribution in [2.75, 3.05) is 0 Å². The monoisotopic (exact) mass is 330 g/mol. The summed E-state index contributed by atoms with van der Waals surface area (Å²) in [6.45, 7) is 0. The largest absolute Gasteiger partial charge is 0.456 e. The van der Waals surface area contributed by atoms with Gasteiger partial charge in [-0.05, 0) is 48.5 Å². The number of benzene rings is 3. The van der Waals surface area contributed by atoms with Crippen LogP contribution >= 0.6 is 0 Å². The quantitative estimate of drug-likeness (QED) is 0.476. The molecule has 0 N–H and O–H groups in total. The summed E-state index contributed by atoms with van der Waals surface area (Å²) < 4.78 is 23.1. The molecule has 0 amide bonds. The summed E-state index contributed by atoms with van der Waals surface area (Å²) in [6.07, 6.45) is 0. The third-order valence-electron chi connectivity index (χ3n) is 3.33. The topological polar surface area (TPSA) is 69.3 Å². The van der Waals surface area contributed by atoms with Gasteiger partial charge in [-0.25, -0.2) is 4.39 Å². The predicted molar refractivity (Wildman–Crippen MR) is 88.9 cm³/mol. The first-order valence-electron chi connectivity index (χ1n) is 7.35. The summed E-state index contributed by atoms with van der Waals surface area (Å²) >= 11 is 0. The number of nitriles is 2. The van der Waals surface area contributed by atoms with Gasteiger partial charge in [0.05, 0.1) is 5.56 Å². The normalized spacial score (nSPS) is 10.0. The van der Waals surface area contributed by atoms with Crippen molar-refractivity contribution in [3.8, 4) is 35.1 Å². The van der Waals surface area contributed by atoms with E-state index in [0.717, 1.165) is 11.5 Å². The van der Waals surface area contributed by atoms with Crippen molar-refractivity contribution < 1.29 is 13.9 Å². The molecule has 5 heteroatoms. The van der Waals surface area contributed by atoms with Crippen LogP contribution < -0.4 is 9.47 Å². The number of halogens is 1. The number of hydrogen-bond donors (Lipinski definition) is 0. The fourth-order valence-electron chi connectivity index (χ4n) is 2.07. The number of fused-ring (bicyclic) bond motifs is 1. The first kappa shape index (κ1) is 16.0. The number of para-hydroxylation sites is 2. The van der Waals surface area contributed by atoms with E-state index < -0.39 is 0 Å². The molecule has 0 radical (unpaired) electrons. The zero-order valence-electron chi connectivity index (χ0n) is 12.9. The highest BCUT2D eigenvalue weighted by Crippen LogP contribution is 2.43. The van der Waals surface area contributed by atoms with E-state index in [-0.39, 0.29) is 22.7 Å². The Kier molecular flexibility index (Phi) is 4.60. The van der Waals surface area contributed by atoms with Crippen LogP contribution in [0.15, 0.2) is 66.7 Å². The molecule has 0 aromatic heterocycles. The highest BCUT2D eigenvalue weighted by Gasteiger charge is 2.15. The molecule has 4 rings (SSSR count). The summed E-state index contributed by atoms with van der Waals surface area (Å²) in [5.74, 6) is 2.38. The van der Waals surface area contributed by atoms with Crippen LogP contribution in [0.3, 0.4) is 0 Å². The van der Waals surface area contributed by atoms with Crippen molar-refractivity contribution in [1.82, 2.24) is 0 Å². The van der Waals surface area contributed by atoms with Gasteiger partial charge in [0.1, 0.15) is 35.0 Å². The molecule has 3 aromatic carbocycles. The summed E-state index contributed by atoms with van der Waals surface area (Å²) in [4.78, 5) is 0. The average molecular weight is 330 g/mol. The minimum absolute atomic E-state index is 0.171. The maximum absolute atomic E-state index is 12.7. The number of hydrogen-bond acceptors (Lipinski definition) is 4. The highest BCUT2D eigenvalue weighted by molar-refractivity contribution is 5.55. The van der Waals surface area contributed by atoms with E-state index in [1.807, 2.05) is 36.4 Å². The Hall–Kier alpha value is -3.83. The summed E-state index contributed by atoms with van der Waals surface area (Å²) in [6, 6.07) is 21.9. The third kappa shape index (κ3) is 3.93. The highest BCUT2D eigenvalue weighted by atomic mass is 19.1. The molecule has 1 heterocycles. The molecule has 1 aliphatic heterocycles. The lowest BCUT2D eigenvalue weighted by molar-refractivity contribution is 0.479. The van der Waals surface area contributed by atoms with Crippen molar-refractivity contribution in [3.63, 3.8) is 0 Å². The number of ether oxygens (including phenoxy) is 2. The Labute approximate surface area is 143 Å². The van der Waals surface area contributed by atoms with Gasteiger partial charge < -0.3 is 9.47 Å². The van der Waals surface area contributed by atoms with Gasteiger partial charge in [-0.15, -0.1) is 0 Å². The molecule has 3 aromatic rings. The second-order valence-corrected chi connectivity index (χ2v) is 5.01. The molecule has 0 saturated heterocycles. The van der Waals surface area contributed by atoms with Crippen LogP contribution in [0.5, 0.6) is 23.0 Å². The van der Waals surface area contributed by atoms with Crippen molar-refractivity contribution in [2.24, 2.45) is 0 Å². The molecular formula is C20H11FN2O2. The molecule has 0 aliphatic carbocycles. The van der Waals surface area contributed by atoms with E-state index >= 15 is 0 Å². The second kappa shape index (κ2) is 7.16. The first-order chi connectivity index (χ1) is 12.2. The van der Waals surface area contributed by atoms with Crippen LogP contribution in [0.1, 0.15) is 11.1 Å². The van der Waals surface area contributed by atoms with Crippen LogP contribution in [0.25, 0.3) is 0 Å². The van der Waals surface area contributed by atoms with Crippen LogP contribution in [-0.4, -0.2) is 0 Å². The Balaban J connectivity index is 0.000000213. The van der Waals surface area contributed by atoms with E-state index in [1.165, 1.54) is 30.3 Å². The van der Waals surface area contributed by atoms with Crippen molar-refractivity contribution in [3.05, 3.63) is 83.7 Å². The molecule has 120 valence electrons. The third-order valence-corrected chi connectivity index (χ3v) is 3.33. The molecule has 0 unspecified atom stereocenters. The average Bonchev–Trinajstić information content (AvgIpc) is 3.43. The summed E-state index contributed by atoms with van der Waals surface area (Å²) in [7, 11) is 0. The Morgan fingerprint density at radius 2 is 1.48 bits per heavy atom. The van der Waals surface area contributed by atoms with Gasteiger partial charge in [0.15, 0.2) is 11.5 Å². The van der Waals surface area contributed by atoms with Crippen LogP contribution in [0.4, 0.5) is 4.39 Å². The van der Waals surface area contributed by atoms with Gasteiger partial charge in [-0.2, -0.15) is 10.5 Å². The van der Waals surface area contributed by atoms with E-state index in [9.17, 15) is 4.39 Å². The van der Waals surface area contributed by atoms with E-state index in [2.05, 4.69) is 0 Å². The molecule has 0 atom stereocenters. The lowest BCUT2D eigenvalue weighted by Crippen LogP contribution is -1.91. The molecule has 0 spiro atoms. The molecule has 0 bridgehead atoms. The van der Waals surface area contributed by atoms with Gasteiger partial charge in [0, 0.05) is 0 Å². The molecule has 4 nitrogen and oxygen atoms in total. The van der Waals surface area contributed by atoms with Gasteiger partial charge >= 0.3 is 0 Å². The zero-order chi connectivity index (χ0) is 17.6. The van der Waals surface area contributed by atoms with E-state index in [1.54, 1.807) is 12.1 Å². The van der Waals surface area contributed by atoms with Crippen LogP contribution in [0.2, 0.25) is 0 Å². The summed E-state index contributed by atoms with van der Waals surface area (Å²) in [5, 5.41) is 17.9. The van der Waals surface area contributed by atoms with E-state index in [4.69, 9.17) is 20.0 Å². The smallest absolute Gasteiger partial charge is 0.170 e. The second-order valence-electron chi connectivity index (χ2n) is 5.01. The molecule has 0 saturated carbocycles. The Bertz CT molecular complexity index is 965. The first-order valence-corrected chi connectivity index (χ1v) is 7.35. The summed E-state index contributed by atoms with van der Waals surface area (Å²) in [5.41, 5.74) is 0.418. The van der Waals surface area contributed by atoms with Gasteiger partial charge in [-0.3, -0.25) is 0 Å². The minimum Gasteiger partial charge on any atom is -0.456 e. The van der Waals surface area contributed by atoms with Gasteiger partial charge in [-0.1, -0.05) is 18.2 Å². The fraction of sp³-hybridized carbons (Fsp3) is 0. The maximum Gasteiger partial charge on any atom is 0.170 e. The van der Waals surface area contributed by atoms with Crippen LogP contribution in [0, 0.1) is 28.5 Å². The standard InChI is InChI=1S/C14H7FN2O.C6H4O/c15-11-4-6-12(7-5-11)18-14-3-1-2-10(8-16)13(14)9-17;1-2-4-6-5(3-1)7-6/h1-7H;1-4H. The van der Waals surface area contributed by atoms with Crippen molar-refractivity contribution >= 4 is 0 Å². The van der Waals surface area contributed by atoms with Crippen LogP contribution in [-0.2, 0) is 0 Å². The Morgan fingerprint density at radius 1 is 0.800 bits per heavy atom. The lowest BCUT2D eigenvalue weighted by atomic mass is 10.1. The van der Waals surface area contributed by atoms with Crippen molar-refractivity contribution in [2.45, 2.75) is 0 Å². The lowest BCUT2D eigenvalue weighted by Gasteiger charge is -2.07. The molecule has 1 aliphatic rings. The predicted octanol–water partition coefficient (Wildman–Crippen LogP) is 5.15. The van der Waals surface area contributed by atoms with Gasteiger partial charge in [0.2, 0.25) is 0 Å². The minimum atomic E-state index is -0.367. The number of rotatable bonds is 2. The molecule has 25 heavy (non-hydrogen) atoms. The Morgan fingerprint density at radius 3 is 2.04 bits per heavy atom. The maximum atomic E-state index is 12.7. The zero-order valence-corrected chi connectivity index (χ0v) is 12.9. The fourth-order valence-corrected chi connectivity index (χ4v) is 2.07. The number of nitrogens with zero attached hydrogens (tertiary/aromatic N) is 2.